The molecule has 0 aliphatic carbocycles. The van der Waals surface area contributed by atoms with Crippen LogP contribution in [0.1, 0.15) is 0 Å². The fraction of sp³-hybridized carbons (Fsp3) is 0.833. The summed E-state index contributed by atoms with van der Waals surface area (Å²) < 4.78 is 13.1. The first kappa shape index (κ1) is 10.0. The van der Waals surface area contributed by atoms with E-state index in [2.05, 4.69) is 0 Å². The molecule has 6 heteroatoms. The molecule has 1 aliphatic rings. The molecule has 1 saturated heterocycles. The molecule has 0 aromatic rings. The van der Waals surface area contributed by atoms with E-state index >= 15 is 0 Å². The van der Waals surface area contributed by atoms with Crippen LogP contribution in [-0.4, -0.2) is 48.8 Å². The van der Waals surface area contributed by atoms with Crippen molar-refractivity contribution in [1.82, 2.24) is 9.57 Å². The Kier molecular flexibility index (Phi) is 3.16. The summed E-state index contributed by atoms with van der Waals surface area (Å²) in [6.07, 6.45) is 0.812. The molecule has 1 heterocycles. The predicted molar refractivity (Wildman–Crippen MR) is 48.6 cm³/mol. The minimum atomic E-state index is -2.62. The van der Waals surface area contributed by atoms with Gasteiger partial charge in [0.2, 0.25) is 13.1 Å². The van der Waals surface area contributed by atoms with Crippen LogP contribution in [0.15, 0.2) is 0 Å². The van der Waals surface area contributed by atoms with Gasteiger partial charge in [-0.3, -0.25) is 9.36 Å². The molecule has 1 atom stereocenters. The molecule has 1 fully saturated rings. The van der Waals surface area contributed by atoms with E-state index in [9.17, 15) is 9.36 Å². The molecule has 0 N–H and O–H groups in total. The molecule has 0 bridgehead atoms. The van der Waals surface area contributed by atoms with Crippen molar-refractivity contribution in [2.24, 2.45) is 0 Å². The second kappa shape index (κ2) is 3.77. The van der Waals surface area contributed by atoms with Gasteiger partial charge in [0, 0.05) is 32.8 Å². The zero-order chi connectivity index (χ0) is 9.19. The minimum Gasteiger partial charge on any atom is -0.343 e. The third-order valence-electron chi connectivity index (χ3n) is 1.94. The first-order valence-corrected chi connectivity index (χ1v) is 6.77. The van der Waals surface area contributed by atoms with Gasteiger partial charge in [-0.2, -0.15) is 0 Å². The van der Waals surface area contributed by atoms with Crippen molar-refractivity contribution in [3.63, 3.8) is 0 Å². The Balaban J connectivity index is 2.46. The lowest BCUT2D eigenvalue weighted by Crippen LogP contribution is -2.43. The lowest BCUT2D eigenvalue weighted by Gasteiger charge is -2.33. The number of carbonyl (C=O) groups is 1. The molecule has 1 amide bonds. The number of halogens is 1. The van der Waals surface area contributed by atoms with Gasteiger partial charge < -0.3 is 4.90 Å². The maximum absolute atomic E-state index is 11.3. The van der Waals surface area contributed by atoms with E-state index in [1.165, 1.54) is 6.66 Å². The van der Waals surface area contributed by atoms with Crippen LogP contribution in [0.25, 0.3) is 0 Å². The zero-order valence-electron chi connectivity index (χ0n) is 6.94. The number of piperazine rings is 1. The van der Waals surface area contributed by atoms with Gasteiger partial charge in [-0.1, -0.05) is 0 Å². The van der Waals surface area contributed by atoms with Crippen molar-refractivity contribution in [3.05, 3.63) is 0 Å². The molecule has 1 aliphatic heterocycles. The summed E-state index contributed by atoms with van der Waals surface area (Å²) in [5.74, 6) is 0. The molecule has 0 aromatic carbocycles. The first-order valence-electron chi connectivity index (χ1n) is 3.76. The second-order valence-electron chi connectivity index (χ2n) is 2.87. The average Bonchev–Trinajstić information content (AvgIpc) is 2.03. The van der Waals surface area contributed by atoms with Gasteiger partial charge in [0.15, 0.2) is 0 Å². The first-order chi connectivity index (χ1) is 5.54. The summed E-state index contributed by atoms with van der Waals surface area (Å²) in [5, 5.41) is 0. The standard InChI is InChI=1S/C6H12ClN2O2P/c1-12(7,11)9-4-2-8(6-10)3-5-9/h6H,2-5H2,1H3. The second-order valence-corrected chi connectivity index (χ2v) is 6.88. The Bertz CT molecular complexity index is 210. The molecule has 0 spiro atoms. The quantitative estimate of drug-likeness (QED) is 0.501. The van der Waals surface area contributed by atoms with Crippen LogP contribution >= 0.6 is 17.9 Å². The summed E-state index contributed by atoms with van der Waals surface area (Å²) in [5.41, 5.74) is 0. The van der Waals surface area contributed by atoms with E-state index in [0.29, 0.717) is 26.2 Å². The molecule has 0 saturated carbocycles. The molecular weight excluding hydrogens is 199 g/mol. The molecule has 70 valence electrons. The van der Waals surface area contributed by atoms with Crippen LogP contribution in [0.4, 0.5) is 0 Å². The lowest BCUT2D eigenvalue weighted by atomic mass is 10.4. The largest absolute Gasteiger partial charge is 0.343 e. The average molecular weight is 211 g/mol. The van der Waals surface area contributed by atoms with E-state index in [0.717, 1.165) is 6.41 Å². The maximum atomic E-state index is 11.3. The normalized spacial score (nSPS) is 25.0. The van der Waals surface area contributed by atoms with Crippen LogP contribution in [-0.2, 0) is 9.36 Å². The van der Waals surface area contributed by atoms with Crippen molar-refractivity contribution >= 4 is 24.3 Å². The molecule has 0 aromatic heterocycles. The van der Waals surface area contributed by atoms with E-state index in [-0.39, 0.29) is 0 Å². The smallest absolute Gasteiger partial charge is 0.232 e. The Morgan fingerprint density at radius 3 is 2.17 bits per heavy atom. The van der Waals surface area contributed by atoms with Crippen molar-refractivity contribution < 1.29 is 9.36 Å². The highest BCUT2D eigenvalue weighted by molar-refractivity contribution is 7.86. The van der Waals surface area contributed by atoms with Crippen LogP contribution in [0.2, 0.25) is 0 Å². The Hall–Kier alpha value is -0.0500. The monoisotopic (exact) mass is 210 g/mol. The highest BCUT2D eigenvalue weighted by atomic mass is 35.7. The number of carbonyl (C=O) groups excluding carboxylic acids is 1. The van der Waals surface area contributed by atoms with E-state index in [1.807, 2.05) is 0 Å². The van der Waals surface area contributed by atoms with Gasteiger partial charge in [-0.25, -0.2) is 4.67 Å². The molecule has 0 radical (unpaired) electrons. The summed E-state index contributed by atoms with van der Waals surface area (Å²) in [4.78, 5) is 12.0. The maximum Gasteiger partial charge on any atom is 0.232 e. The molecule has 12 heavy (non-hydrogen) atoms. The SMILES string of the molecule is CP(=O)(Cl)N1CCN(C=O)CC1. The van der Waals surface area contributed by atoms with Gasteiger partial charge >= 0.3 is 0 Å². The van der Waals surface area contributed by atoms with E-state index < -0.39 is 6.65 Å². The fourth-order valence-electron chi connectivity index (χ4n) is 1.17. The van der Waals surface area contributed by atoms with E-state index in [1.54, 1.807) is 9.57 Å². The Labute approximate surface area is 76.7 Å². The van der Waals surface area contributed by atoms with Crippen LogP contribution < -0.4 is 0 Å². The van der Waals surface area contributed by atoms with Crippen molar-refractivity contribution in [1.29, 1.82) is 0 Å². The number of hydrogen-bond acceptors (Lipinski definition) is 2. The van der Waals surface area contributed by atoms with Crippen molar-refractivity contribution in [2.45, 2.75) is 0 Å². The van der Waals surface area contributed by atoms with Gasteiger partial charge in [0.05, 0.1) is 0 Å². The summed E-state index contributed by atoms with van der Waals surface area (Å²) in [6, 6.07) is 0. The Morgan fingerprint density at radius 1 is 1.33 bits per heavy atom. The van der Waals surface area contributed by atoms with Crippen molar-refractivity contribution in [3.8, 4) is 0 Å². The number of nitrogens with zero attached hydrogens (tertiary/aromatic N) is 2. The van der Waals surface area contributed by atoms with Gasteiger partial charge in [0.1, 0.15) is 0 Å². The van der Waals surface area contributed by atoms with Gasteiger partial charge in [-0.05, 0) is 11.2 Å². The van der Waals surface area contributed by atoms with Gasteiger partial charge in [0.25, 0.3) is 0 Å². The van der Waals surface area contributed by atoms with Crippen LogP contribution in [0, 0.1) is 0 Å². The van der Waals surface area contributed by atoms with Gasteiger partial charge in [-0.15, -0.1) is 0 Å². The molecule has 1 unspecified atom stereocenters. The number of amides is 1. The third-order valence-corrected chi connectivity index (χ3v) is 4.00. The topological polar surface area (TPSA) is 40.6 Å². The van der Waals surface area contributed by atoms with Crippen LogP contribution in [0.3, 0.4) is 0 Å². The number of hydrogen-bond donors (Lipinski definition) is 0. The third kappa shape index (κ3) is 2.47. The summed E-state index contributed by atoms with van der Waals surface area (Å²) in [7, 11) is 0. The summed E-state index contributed by atoms with van der Waals surface area (Å²) in [6.45, 7) is 1.37. The Morgan fingerprint density at radius 2 is 1.83 bits per heavy atom. The lowest BCUT2D eigenvalue weighted by molar-refractivity contribution is -0.119. The van der Waals surface area contributed by atoms with Crippen LogP contribution in [0.5, 0.6) is 0 Å². The van der Waals surface area contributed by atoms with Crippen molar-refractivity contribution in [2.75, 3.05) is 32.8 Å². The molecule has 1 rings (SSSR count). The van der Waals surface area contributed by atoms with E-state index in [4.69, 9.17) is 11.2 Å². The zero-order valence-corrected chi connectivity index (χ0v) is 8.59. The number of rotatable bonds is 2. The summed E-state index contributed by atoms with van der Waals surface area (Å²) >= 11 is 5.68. The fourth-order valence-corrected chi connectivity index (χ4v) is 2.52. The predicted octanol–water partition coefficient (Wildman–Crippen LogP) is 0.822. The highest BCUT2D eigenvalue weighted by Gasteiger charge is 2.25. The molecule has 4 nitrogen and oxygen atoms in total. The highest BCUT2D eigenvalue weighted by Crippen LogP contribution is 2.50. The molecular formula is C6H12ClN2O2P. The minimum absolute atomic E-state index is 0.607.